The molecule has 2 aromatic carbocycles. The smallest absolute Gasteiger partial charge is 0.293 e. The molecule has 1 aliphatic heterocycles. The van der Waals surface area contributed by atoms with E-state index in [1.54, 1.807) is 12.4 Å². The third-order valence-electron chi connectivity index (χ3n) is 6.77. The largest absolute Gasteiger partial charge is 0.354 e. The van der Waals surface area contributed by atoms with E-state index in [1.807, 2.05) is 86.5 Å². The molecule has 188 valence electrons. The first-order valence-electron chi connectivity index (χ1n) is 12.5. The Kier molecular flexibility index (Phi) is 6.81. The fourth-order valence-electron chi connectivity index (χ4n) is 4.63. The van der Waals surface area contributed by atoms with Crippen LogP contribution in [-0.2, 0) is 4.79 Å². The summed E-state index contributed by atoms with van der Waals surface area (Å²) in [7, 11) is 1.89. The summed E-state index contributed by atoms with van der Waals surface area (Å²) >= 11 is 0. The maximum atomic E-state index is 12.7. The van der Waals surface area contributed by atoms with Crippen molar-refractivity contribution in [2.45, 2.75) is 26.3 Å². The van der Waals surface area contributed by atoms with Crippen LogP contribution in [0.15, 0.2) is 73.1 Å². The molecular weight excluding hydrogens is 464 g/mol. The summed E-state index contributed by atoms with van der Waals surface area (Å²) in [5, 5.41) is 3.80. The van der Waals surface area contributed by atoms with E-state index < -0.39 is 0 Å². The third kappa shape index (κ3) is 5.28. The molecule has 0 saturated carbocycles. The van der Waals surface area contributed by atoms with E-state index in [0.29, 0.717) is 5.69 Å². The Morgan fingerprint density at radius 3 is 2.49 bits per heavy atom. The van der Waals surface area contributed by atoms with Gasteiger partial charge >= 0.3 is 0 Å². The molecule has 8 nitrogen and oxygen atoms in total. The molecular formula is C29H30N6O2. The molecule has 0 spiro atoms. The Balaban J connectivity index is 1.25. The third-order valence-corrected chi connectivity index (χ3v) is 6.77. The Labute approximate surface area is 216 Å². The zero-order chi connectivity index (χ0) is 25.9. The maximum absolute atomic E-state index is 12.7. The van der Waals surface area contributed by atoms with Crippen LogP contribution in [0.3, 0.4) is 0 Å². The number of benzene rings is 2. The summed E-state index contributed by atoms with van der Waals surface area (Å²) in [6.45, 7) is 5.49. The molecule has 5 rings (SSSR count). The highest BCUT2D eigenvalue weighted by Crippen LogP contribution is 2.26. The van der Waals surface area contributed by atoms with Gasteiger partial charge in [-0.3, -0.25) is 9.59 Å². The van der Waals surface area contributed by atoms with Crippen molar-refractivity contribution in [3.05, 3.63) is 78.9 Å². The van der Waals surface area contributed by atoms with Crippen LogP contribution in [-0.4, -0.2) is 57.8 Å². The van der Waals surface area contributed by atoms with Gasteiger partial charge in [0, 0.05) is 55.1 Å². The normalized spacial score (nSPS) is 15.2. The minimum absolute atomic E-state index is 0.00672. The topological polar surface area (TPSA) is 91.3 Å². The van der Waals surface area contributed by atoms with E-state index in [2.05, 4.69) is 20.2 Å². The summed E-state index contributed by atoms with van der Waals surface area (Å²) in [4.78, 5) is 42.5. The Morgan fingerprint density at radius 2 is 1.76 bits per heavy atom. The van der Waals surface area contributed by atoms with Crippen LogP contribution in [0.4, 0.5) is 11.5 Å². The van der Waals surface area contributed by atoms with Crippen molar-refractivity contribution >= 4 is 34.2 Å². The minimum atomic E-state index is -0.369. The number of rotatable bonds is 6. The van der Waals surface area contributed by atoms with E-state index in [1.165, 1.54) is 0 Å². The van der Waals surface area contributed by atoms with Crippen molar-refractivity contribution in [3.63, 3.8) is 0 Å². The highest BCUT2D eigenvalue weighted by Gasteiger charge is 2.30. The summed E-state index contributed by atoms with van der Waals surface area (Å²) in [6.07, 6.45) is 4.24. The lowest BCUT2D eigenvalue weighted by atomic mass is 10.1. The minimum Gasteiger partial charge on any atom is -0.354 e. The molecule has 4 aromatic rings. The van der Waals surface area contributed by atoms with E-state index >= 15 is 0 Å². The van der Waals surface area contributed by atoms with Gasteiger partial charge in [0.2, 0.25) is 11.7 Å². The van der Waals surface area contributed by atoms with Crippen LogP contribution in [0, 0.1) is 5.92 Å². The number of amides is 2. The highest BCUT2D eigenvalue weighted by molar-refractivity contribution is 6.02. The SMILES string of the molecule is CC(C)C(=O)N(C)C1CCN(c2ccc3cc(NC(=O)c4ncc(-c5ccccc5)cn4)ccc3n2)C1. The van der Waals surface area contributed by atoms with Gasteiger partial charge in [0.25, 0.3) is 5.91 Å². The number of pyridine rings is 1. The molecule has 0 radical (unpaired) electrons. The van der Waals surface area contributed by atoms with E-state index in [-0.39, 0.29) is 29.6 Å². The number of fused-ring (bicyclic) bond motifs is 1. The van der Waals surface area contributed by atoms with Gasteiger partial charge in [-0.2, -0.15) is 0 Å². The summed E-state index contributed by atoms with van der Waals surface area (Å²) in [6, 6.07) is 19.6. The summed E-state index contributed by atoms with van der Waals surface area (Å²) < 4.78 is 0. The summed E-state index contributed by atoms with van der Waals surface area (Å²) in [5.41, 5.74) is 3.34. The van der Waals surface area contributed by atoms with E-state index in [4.69, 9.17) is 4.98 Å². The number of carbonyl (C=O) groups is 2. The molecule has 1 N–H and O–H groups in total. The number of carbonyl (C=O) groups excluding carboxylic acids is 2. The Hall–Kier alpha value is -4.33. The number of nitrogens with one attached hydrogen (secondary N) is 1. The van der Waals surface area contributed by atoms with Crippen LogP contribution < -0.4 is 10.2 Å². The Morgan fingerprint density at radius 1 is 1.00 bits per heavy atom. The van der Waals surface area contributed by atoms with Crippen LogP contribution >= 0.6 is 0 Å². The van der Waals surface area contributed by atoms with Gasteiger partial charge in [-0.1, -0.05) is 44.2 Å². The second-order valence-electron chi connectivity index (χ2n) is 9.68. The van der Waals surface area contributed by atoms with Gasteiger partial charge in [0.05, 0.1) is 11.6 Å². The van der Waals surface area contributed by atoms with Crippen molar-refractivity contribution in [1.82, 2.24) is 19.9 Å². The van der Waals surface area contributed by atoms with Crippen LogP contribution in [0.25, 0.3) is 22.0 Å². The predicted octanol–water partition coefficient (Wildman–Crippen LogP) is 4.64. The van der Waals surface area contributed by atoms with Gasteiger partial charge in [-0.25, -0.2) is 15.0 Å². The molecule has 0 aliphatic carbocycles. The molecule has 37 heavy (non-hydrogen) atoms. The lowest BCUT2D eigenvalue weighted by Crippen LogP contribution is -2.41. The zero-order valence-electron chi connectivity index (χ0n) is 21.3. The first kappa shape index (κ1) is 24.4. The average Bonchev–Trinajstić information content (AvgIpc) is 3.43. The Bertz CT molecular complexity index is 1420. The van der Waals surface area contributed by atoms with Crippen molar-refractivity contribution in [2.75, 3.05) is 30.4 Å². The van der Waals surface area contributed by atoms with Crippen molar-refractivity contribution in [3.8, 4) is 11.1 Å². The second-order valence-corrected chi connectivity index (χ2v) is 9.68. The van der Waals surface area contributed by atoms with Gasteiger partial charge < -0.3 is 15.1 Å². The van der Waals surface area contributed by atoms with Gasteiger partial charge in [0.1, 0.15) is 5.82 Å². The average molecular weight is 495 g/mol. The molecule has 1 unspecified atom stereocenters. The molecule has 3 heterocycles. The standard InChI is InChI=1S/C29H30N6O2/c1-19(2)29(37)34(3)24-13-14-35(18-24)26-12-9-21-15-23(10-11-25(21)33-26)32-28(36)27-30-16-22(17-31-27)20-7-5-4-6-8-20/h4-12,15-17,19,24H,13-14,18H2,1-3H3,(H,32,36). The van der Waals surface area contributed by atoms with E-state index in [0.717, 1.165) is 47.4 Å². The molecule has 2 amide bonds. The quantitative estimate of drug-likeness (QED) is 0.420. The molecule has 1 saturated heterocycles. The van der Waals surface area contributed by atoms with Gasteiger partial charge in [-0.15, -0.1) is 0 Å². The fraction of sp³-hybridized carbons (Fsp3) is 0.276. The van der Waals surface area contributed by atoms with Crippen molar-refractivity contribution in [2.24, 2.45) is 5.92 Å². The predicted molar refractivity (Wildman–Crippen MR) is 145 cm³/mol. The van der Waals surface area contributed by atoms with Crippen LogP contribution in [0.2, 0.25) is 0 Å². The highest BCUT2D eigenvalue weighted by atomic mass is 16.2. The van der Waals surface area contributed by atoms with Gasteiger partial charge in [-0.05, 0) is 42.3 Å². The zero-order valence-corrected chi connectivity index (χ0v) is 21.3. The van der Waals surface area contributed by atoms with Crippen molar-refractivity contribution in [1.29, 1.82) is 0 Å². The lowest BCUT2D eigenvalue weighted by molar-refractivity contribution is -0.134. The second kappa shape index (κ2) is 10.3. The van der Waals surface area contributed by atoms with Crippen molar-refractivity contribution < 1.29 is 9.59 Å². The monoisotopic (exact) mass is 494 g/mol. The number of nitrogens with zero attached hydrogens (tertiary/aromatic N) is 5. The molecule has 0 bridgehead atoms. The molecule has 8 heteroatoms. The van der Waals surface area contributed by atoms with Crippen LogP contribution in [0.1, 0.15) is 30.9 Å². The number of aromatic nitrogens is 3. The fourth-order valence-corrected chi connectivity index (χ4v) is 4.63. The molecule has 1 aliphatic rings. The first-order chi connectivity index (χ1) is 17.9. The summed E-state index contributed by atoms with van der Waals surface area (Å²) in [5.74, 6) is 0.798. The number of hydrogen-bond donors (Lipinski definition) is 1. The first-order valence-corrected chi connectivity index (χ1v) is 12.5. The van der Waals surface area contributed by atoms with Gasteiger partial charge in [0.15, 0.2) is 0 Å². The molecule has 1 fully saturated rings. The number of likely N-dealkylation sites (N-methyl/N-ethyl adjacent to an activating group) is 1. The van der Waals surface area contributed by atoms with Crippen LogP contribution in [0.5, 0.6) is 0 Å². The number of anilines is 2. The van der Waals surface area contributed by atoms with E-state index in [9.17, 15) is 9.59 Å². The molecule has 1 atom stereocenters. The lowest BCUT2D eigenvalue weighted by Gasteiger charge is -2.26. The maximum Gasteiger partial charge on any atom is 0.293 e. The number of hydrogen-bond acceptors (Lipinski definition) is 6. The molecule has 2 aromatic heterocycles.